The number of hydrogen-bond acceptors (Lipinski definition) is 6. The van der Waals surface area contributed by atoms with E-state index in [4.69, 9.17) is 18.0 Å². The molecule has 0 spiro atoms. The fourth-order valence-corrected chi connectivity index (χ4v) is 11.3. The Morgan fingerprint density at radius 2 is 1.67 bits per heavy atom. The first-order chi connectivity index (χ1) is 16.3. The lowest BCUT2D eigenvalue weighted by Gasteiger charge is -2.54. The molecule has 204 valence electrons. The van der Waals surface area contributed by atoms with Crippen LogP contribution in [0.4, 0.5) is 5.82 Å². The summed E-state index contributed by atoms with van der Waals surface area (Å²) in [5, 5.41) is -0.153. The molecular formula is C27H49N3O4Si2. The molecule has 2 saturated heterocycles. The molecule has 2 fully saturated rings. The molecule has 7 nitrogen and oxygen atoms in total. The van der Waals surface area contributed by atoms with Crippen molar-refractivity contribution in [1.29, 1.82) is 0 Å². The van der Waals surface area contributed by atoms with Crippen LogP contribution in [-0.2, 0) is 18.0 Å². The molecule has 1 aromatic rings. The van der Waals surface area contributed by atoms with Crippen LogP contribution in [0, 0.1) is 0 Å². The highest BCUT2D eigenvalue weighted by Gasteiger charge is 2.65. The molecule has 2 aliphatic heterocycles. The summed E-state index contributed by atoms with van der Waals surface area (Å²) in [6.45, 7) is 25.4. The van der Waals surface area contributed by atoms with Crippen molar-refractivity contribution in [1.82, 2.24) is 9.88 Å². The highest BCUT2D eigenvalue weighted by molar-refractivity contribution is 6.74. The quantitative estimate of drug-likeness (QED) is 0.241. The summed E-state index contributed by atoms with van der Waals surface area (Å²) < 4.78 is 27.7. The third kappa shape index (κ3) is 5.66. The number of hydrogen-bond donors (Lipinski definition) is 0. The first kappa shape index (κ1) is 29.4. The maximum atomic E-state index is 7.18. The molecule has 0 bridgehead atoms. The molecule has 1 aromatic heterocycles. The van der Waals surface area contributed by atoms with Crippen LogP contribution >= 0.6 is 0 Å². The molecule has 0 aliphatic carbocycles. The topological polar surface area (TPSA) is 65.4 Å². The number of aliphatic imine (C=N–C) groups is 1. The lowest BCUT2D eigenvalue weighted by atomic mass is 10.0. The normalized spacial score (nSPS) is 27.4. The zero-order valence-corrected chi connectivity index (χ0v) is 26.8. The second-order valence-electron chi connectivity index (χ2n) is 14.1. The van der Waals surface area contributed by atoms with E-state index in [0.717, 1.165) is 5.56 Å². The average Bonchev–Trinajstić information content (AvgIpc) is 3.07. The molecule has 0 unspecified atom stereocenters. The number of ether oxygens (including phenoxy) is 1. The van der Waals surface area contributed by atoms with Crippen LogP contribution in [0.25, 0.3) is 0 Å². The molecule has 3 rings (SSSR count). The minimum atomic E-state index is -2.68. The van der Waals surface area contributed by atoms with E-state index < -0.39 is 16.9 Å². The Hall–Kier alpha value is -1.11. The lowest BCUT2D eigenvalue weighted by molar-refractivity contribution is -0.0716. The zero-order chi connectivity index (χ0) is 27.3. The maximum absolute atomic E-state index is 7.18. The van der Waals surface area contributed by atoms with Gasteiger partial charge in [0.1, 0.15) is 24.4 Å². The largest absolute Gasteiger partial charge is 0.408 e. The second kappa shape index (κ2) is 9.89. The fraction of sp³-hybridized carbons (Fsp3) is 0.778. The zero-order valence-electron chi connectivity index (χ0n) is 24.8. The van der Waals surface area contributed by atoms with E-state index in [0.29, 0.717) is 12.4 Å². The molecule has 36 heavy (non-hydrogen) atoms. The van der Waals surface area contributed by atoms with Crippen molar-refractivity contribution in [2.24, 2.45) is 4.99 Å². The monoisotopic (exact) mass is 535 g/mol. The van der Waals surface area contributed by atoms with E-state index in [-0.39, 0.29) is 39.5 Å². The van der Waals surface area contributed by atoms with Gasteiger partial charge in [0.2, 0.25) is 0 Å². The van der Waals surface area contributed by atoms with E-state index in [1.807, 2.05) is 31.3 Å². The maximum Gasteiger partial charge on any atom is 0.349 e. The minimum absolute atomic E-state index is 0.0619. The van der Waals surface area contributed by atoms with Gasteiger partial charge in [-0.2, -0.15) is 0 Å². The summed E-state index contributed by atoms with van der Waals surface area (Å²) in [5.74, 6) is 0.663. The van der Waals surface area contributed by atoms with Crippen molar-refractivity contribution >= 4 is 29.0 Å². The Labute approximate surface area is 221 Å². The molecule has 4 atom stereocenters. The Balaban J connectivity index is 2.02. The molecule has 0 saturated carbocycles. The predicted octanol–water partition coefficient (Wildman–Crippen LogP) is 6.59. The van der Waals surface area contributed by atoms with Gasteiger partial charge in [0, 0.05) is 35.9 Å². The van der Waals surface area contributed by atoms with Gasteiger partial charge in [-0.1, -0.05) is 68.4 Å². The smallest absolute Gasteiger partial charge is 0.349 e. The third-order valence-corrected chi connectivity index (χ3v) is 17.4. The van der Waals surface area contributed by atoms with Crippen LogP contribution in [0.1, 0.15) is 74.0 Å². The molecule has 0 aromatic carbocycles. The fourth-order valence-electron chi connectivity index (χ4n) is 5.07. The summed E-state index contributed by atoms with van der Waals surface area (Å²) >= 11 is 0. The standard InChI is InChI=1S/C27H49N3O4Si2/c1-25(2,3)35(12,13)33-24-22(19-14-15-21(28-16-19)29-18-30(10)11)32-20-17-31-36(26(4,5)6,27(7,8)9)34-23(20)24/h14-16,18,20,22-24H,17H2,1-13H3/t20-,22+,23-,24+/m1/s1. The van der Waals surface area contributed by atoms with Gasteiger partial charge in [-0.25, -0.2) is 9.98 Å². The van der Waals surface area contributed by atoms with Crippen molar-refractivity contribution in [3.8, 4) is 0 Å². The van der Waals surface area contributed by atoms with Gasteiger partial charge in [0.05, 0.1) is 12.9 Å². The molecule has 2 aliphatic rings. The van der Waals surface area contributed by atoms with Crippen molar-refractivity contribution < 1.29 is 18.0 Å². The van der Waals surface area contributed by atoms with Gasteiger partial charge in [-0.15, -0.1) is 0 Å². The molecule has 0 amide bonds. The molecular weight excluding hydrogens is 486 g/mol. The summed E-state index contributed by atoms with van der Waals surface area (Å²) in [7, 11) is -0.930. The Morgan fingerprint density at radius 3 is 2.14 bits per heavy atom. The summed E-state index contributed by atoms with van der Waals surface area (Å²) in [4.78, 5) is 10.9. The highest BCUT2D eigenvalue weighted by atomic mass is 28.4. The molecule has 9 heteroatoms. The summed E-state index contributed by atoms with van der Waals surface area (Å²) in [6, 6.07) is 3.99. The third-order valence-electron chi connectivity index (χ3n) is 7.79. The van der Waals surface area contributed by atoms with Gasteiger partial charge < -0.3 is 22.9 Å². The molecule has 3 heterocycles. The SMILES string of the molecule is CN(C)C=Nc1ccc([C@@H]2O[C@@H]3CO[Si](C(C)(C)C)(C(C)(C)C)O[C@H]3[C@H]2O[Si](C)(C)C(C)(C)C)cn1. The van der Waals surface area contributed by atoms with Crippen molar-refractivity contribution in [3.63, 3.8) is 0 Å². The Kier molecular flexibility index (Phi) is 8.09. The van der Waals surface area contributed by atoms with Gasteiger partial charge in [-0.05, 0) is 24.2 Å². The number of aromatic nitrogens is 1. The van der Waals surface area contributed by atoms with Crippen LogP contribution < -0.4 is 0 Å². The number of pyridine rings is 1. The summed E-state index contributed by atoms with van der Waals surface area (Å²) in [6.07, 6.45) is 2.75. The van der Waals surface area contributed by atoms with E-state index in [9.17, 15) is 0 Å². The van der Waals surface area contributed by atoms with Crippen LogP contribution in [0.15, 0.2) is 23.3 Å². The Morgan fingerprint density at radius 1 is 1.06 bits per heavy atom. The van der Waals surface area contributed by atoms with Crippen molar-refractivity contribution in [2.75, 3.05) is 20.7 Å². The van der Waals surface area contributed by atoms with Gasteiger partial charge in [0.25, 0.3) is 0 Å². The van der Waals surface area contributed by atoms with E-state index in [1.54, 1.807) is 6.34 Å². The number of nitrogens with zero attached hydrogens (tertiary/aromatic N) is 3. The first-order valence-electron chi connectivity index (χ1n) is 13.1. The second-order valence-corrected chi connectivity index (χ2v) is 23.6. The molecule has 0 N–H and O–H groups in total. The highest BCUT2D eigenvalue weighted by Crippen LogP contribution is 2.57. The number of rotatable bonds is 5. The minimum Gasteiger partial charge on any atom is -0.408 e. The summed E-state index contributed by atoms with van der Waals surface area (Å²) in [5.41, 5.74) is 0.985. The first-order valence-corrected chi connectivity index (χ1v) is 17.8. The van der Waals surface area contributed by atoms with Crippen LogP contribution in [0.3, 0.4) is 0 Å². The van der Waals surface area contributed by atoms with Gasteiger partial charge in [0.15, 0.2) is 14.1 Å². The predicted molar refractivity (Wildman–Crippen MR) is 152 cm³/mol. The lowest BCUT2D eigenvalue weighted by Crippen LogP contribution is -2.66. The van der Waals surface area contributed by atoms with E-state index >= 15 is 0 Å². The van der Waals surface area contributed by atoms with Crippen molar-refractivity contribution in [2.45, 2.75) is 115 Å². The van der Waals surface area contributed by atoms with Gasteiger partial charge >= 0.3 is 8.56 Å². The van der Waals surface area contributed by atoms with Crippen molar-refractivity contribution in [3.05, 3.63) is 23.9 Å². The van der Waals surface area contributed by atoms with Crippen LogP contribution in [-0.4, -0.2) is 72.1 Å². The Bertz CT molecular complexity index is 916. The molecule has 0 radical (unpaired) electrons. The average molecular weight is 536 g/mol. The van der Waals surface area contributed by atoms with E-state index in [2.05, 4.69) is 91.5 Å². The van der Waals surface area contributed by atoms with E-state index in [1.165, 1.54) is 0 Å². The van der Waals surface area contributed by atoms with Gasteiger partial charge in [-0.3, -0.25) is 0 Å². The number of fused-ring (bicyclic) bond motifs is 1. The van der Waals surface area contributed by atoms with Crippen LogP contribution in [0.2, 0.25) is 28.2 Å². The van der Waals surface area contributed by atoms with Crippen LogP contribution in [0.5, 0.6) is 0 Å².